The van der Waals surface area contributed by atoms with Gasteiger partial charge < -0.3 is 14.5 Å². The second kappa shape index (κ2) is 7.48. The zero-order valence-corrected chi connectivity index (χ0v) is 15.2. The summed E-state index contributed by atoms with van der Waals surface area (Å²) in [6.45, 7) is 1.64. The highest BCUT2D eigenvalue weighted by atomic mass is 16.5. The van der Waals surface area contributed by atoms with Gasteiger partial charge in [-0.3, -0.25) is 19.7 Å². The van der Waals surface area contributed by atoms with Crippen LogP contribution in [0.25, 0.3) is 0 Å². The Balaban J connectivity index is 1.35. The van der Waals surface area contributed by atoms with Crippen LogP contribution in [-0.2, 0) is 16.1 Å². The first-order valence-electron chi connectivity index (χ1n) is 9.21. The molecule has 0 saturated carbocycles. The number of H-pyrrole nitrogens is 1. The van der Waals surface area contributed by atoms with Gasteiger partial charge in [-0.15, -0.1) is 0 Å². The summed E-state index contributed by atoms with van der Waals surface area (Å²) >= 11 is 0. The molecule has 2 fully saturated rings. The molecular weight excluding hydrogens is 346 g/mol. The molecule has 2 amide bonds. The predicted molar refractivity (Wildman–Crippen MR) is 96.6 cm³/mol. The number of ether oxygens (including phenoxy) is 1. The third-order valence-corrected chi connectivity index (χ3v) is 5.35. The summed E-state index contributed by atoms with van der Waals surface area (Å²) in [5.74, 6) is 0.214. The van der Waals surface area contributed by atoms with Crippen molar-refractivity contribution in [1.82, 2.24) is 25.0 Å². The standard InChI is InChI=1S/C19H23N5O3/c1-23(11-14-4-2-3-7-20-14)19(26)16-10-13-6-9-24(12-17(13)27-16)18(25)15-5-8-21-22-15/h2-5,7-8,13,16-17H,6,9-12H2,1H3,(H,21,22)/t13-,16?,17-/m0/s1. The summed E-state index contributed by atoms with van der Waals surface area (Å²) in [4.78, 5) is 33.0. The number of carbonyl (C=O) groups is 2. The molecule has 0 radical (unpaired) electrons. The van der Waals surface area contributed by atoms with Crippen LogP contribution < -0.4 is 0 Å². The monoisotopic (exact) mass is 369 g/mol. The number of nitrogens with zero attached hydrogens (tertiary/aromatic N) is 4. The van der Waals surface area contributed by atoms with Gasteiger partial charge in [-0.05, 0) is 37.0 Å². The van der Waals surface area contributed by atoms with Crippen molar-refractivity contribution in [3.8, 4) is 0 Å². The van der Waals surface area contributed by atoms with E-state index in [1.165, 1.54) is 0 Å². The highest BCUT2D eigenvalue weighted by molar-refractivity contribution is 5.92. The van der Waals surface area contributed by atoms with E-state index in [0.717, 1.165) is 12.1 Å². The number of aromatic nitrogens is 3. The van der Waals surface area contributed by atoms with E-state index in [4.69, 9.17) is 4.74 Å². The third kappa shape index (κ3) is 3.71. The zero-order valence-electron chi connectivity index (χ0n) is 15.2. The molecule has 0 aliphatic carbocycles. The van der Waals surface area contributed by atoms with E-state index in [-0.39, 0.29) is 17.9 Å². The van der Waals surface area contributed by atoms with Crippen molar-refractivity contribution in [3.63, 3.8) is 0 Å². The average molecular weight is 369 g/mol. The number of nitrogens with one attached hydrogen (secondary N) is 1. The first kappa shape index (κ1) is 17.7. The smallest absolute Gasteiger partial charge is 0.271 e. The van der Waals surface area contributed by atoms with Gasteiger partial charge in [0, 0.05) is 32.5 Å². The highest BCUT2D eigenvalue weighted by Gasteiger charge is 2.43. The molecule has 142 valence electrons. The molecule has 8 nitrogen and oxygen atoms in total. The quantitative estimate of drug-likeness (QED) is 0.871. The molecule has 2 aliphatic rings. The Kier molecular flexibility index (Phi) is 4.89. The molecule has 27 heavy (non-hydrogen) atoms. The van der Waals surface area contributed by atoms with Crippen LogP contribution in [0.1, 0.15) is 29.0 Å². The van der Waals surface area contributed by atoms with Crippen molar-refractivity contribution in [1.29, 1.82) is 0 Å². The third-order valence-electron chi connectivity index (χ3n) is 5.35. The maximum Gasteiger partial charge on any atom is 0.271 e. The van der Waals surface area contributed by atoms with Crippen molar-refractivity contribution in [2.45, 2.75) is 31.6 Å². The summed E-state index contributed by atoms with van der Waals surface area (Å²) in [6, 6.07) is 7.33. The number of hydrogen-bond acceptors (Lipinski definition) is 5. The van der Waals surface area contributed by atoms with Crippen molar-refractivity contribution < 1.29 is 14.3 Å². The Morgan fingerprint density at radius 3 is 2.96 bits per heavy atom. The van der Waals surface area contributed by atoms with Crippen LogP contribution in [0, 0.1) is 5.92 Å². The minimum atomic E-state index is -0.448. The van der Waals surface area contributed by atoms with Crippen LogP contribution in [0.4, 0.5) is 0 Å². The van der Waals surface area contributed by atoms with E-state index in [2.05, 4.69) is 15.2 Å². The molecule has 2 aliphatic heterocycles. The number of likely N-dealkylation sites (N-methyl/N-ethyl adjacent to an activating group) is 1. The molecule has 8 heteroatoms. The summed E-state index contributed by atoms with van der Waals surface area (Å²) in [5.41, 5.74) is 1.33. The topological polar surface area (TPSA) is 91.4 Å². The number of pyridine rings is 1. The SMILES string of the molecule is CN(Cc1ccccn1)C(=O)C1C[C@@H]2CCN(C(=O)c3ccn[nH]3)C[C@@H]2O1. The van der Waals surface area contributed by atoms with Gasteiger partial charge in [-0.1, -0.05) is 6.07 Å². The molecule has 0 aromatic carbocycles. The van der Waals surface area contributed by atoms with Crippen LogP contribution in [-0.4, -0.2) is 69.1 Å². The van der Waals surface area contributed by atoms with Crippen molar-refractivity contribution in [2.75, 3.05) is 20.1 Å². The number of piperidine rings is 1. The number of fused-ring (bicyclic) bond motifs is 1. The van der Waals surface area contributed by atoms with E-state index in [1.807, 2.05) is 18.2 Å². The molecule has 2 saturated heterocycles. The second-order valence-electron chi connectivity index (χ2n) is 7.18. The summed E-state index contributed by atoms with van der Waals surface area (Å²) < 4.78 is 6.05. The summed E-state index contributed by atoms with van der Waals surface area (Å²) in [7, 11) is 1.77. The largest absolute Gasteiger partial charge is 0.363 e. The minimum Gasteiger partial charge on any atom is -0.363 e. The Morgan fingerprint density at radius 1 is 1.33 bits per heavy atom. The number of aromatic amines is 1. The van der Waals surface area contributed by atoms with Crippen LogP contribution in [0.2, 0.25) is 0 Å². The second-order valence-corrected chi connectivity index (χ2v) is 7.18. The molecule has 4 rings (SSSR count). The van der Waals surface area contributed by atoms with Crippen molar-refractivity contribution in [3.05, 3.63) is 48.0 Å². The van der Waals surface area contributed by atoms with Gasteiger partial charge in [0.05, 0.1) is 18.3 Å². The van der Waals surface area contributed by atoms with Crippen LogP contribution in [0.15, 0.2) is 36.7 Å². The van der Waals surface area contributed by atoms with Gasteiger partial charge in [0.15, 0.2) is 0 Å². The van der Waals surface area contributed by atoms with Gasteiger partial charge in [-0.25, -0.2) is 0 Å². The number of carbonyl (C=O) groups excluding carboxylic acids is 2. The Hall–Kier alpha value is -2.74. The maximum absolute atomic E-state index is 12.8. The maximum atomic E-state index is 12.8. The molecule has 0 spiro atoms. The minimum absolute atomic E-state index is 0.0264. The van der Waals surface area contributed by atoms with E-state index in [1.54, 1.807) is 35.3 Å². The Bertz CT molecular complexity index is 795. The molecule has 2 aromatic heterocycles. The van der Waals surface area contributed by atoms with Gasteiger partial charge in [0.2, 0.25) is 0 Å². The fourth-order valence-electron chi connectivity index (χ4n) is 3.88. The van der Waals surface area contributed by atoms with Gasteiger partial charge in [0.1, 0.15) is 11.8 Å². The van der Waals surface area contributed by atoms with Crippen LogP contribution >= 0.6 is 0 Å². The van der Waals surface area contributed by atoms with E-state index in [0.29, 0.717) is 37.7 Å². The molecule has 3 atom stereocenters. The molecular formula is C19H23N5O3. The summed E-state index contributed by atoms with van der Waals surface area (Å²) in [6.07, 6.45) is 4.30. The van der Waals surface area contributed by atoms with E-state index >= 15 is 0 Å². The first-order chi connectivity index (χ1) is 13.1. The number of amides is 2. The molecule has 1 unspecified atom stereocenters. The zero-order chi connectivity index (χ0) is 18.8. The Labute approximate surface area is 157 Å². The molecule has 0 bridgehead atoms. The van der Waals surface area contributed by atoms with Gasteiger partial charge >= 0.3 is 0 Å². The molecule has 1 N–H and O–H groups in total. The highest BCUT2D eigenvalue weighted by Crippen LogP contribution is 2.34. The average Bonchev–Trinajstić information content (AvgIpc) is 3.36. The first-order valence-corrected chi connectivity index (χ1v) is 9.21. The van der Waals surface area contributed by atoms with Gasteiger partial charge in [0.25, 0.3) is 11.8 Å². The van der Waals surface area contributed by atoms with E-state index < -0.39 is 6.10 Å². The normalized spacial score (nSPS) is 24.5. The lowest BCUT2D eigenvalue weighted by Gasteiger charge is -2.33. The van der Waals surface area contributed by atoms with E-state index in [9.17, 15) is 9.59 Å². The molecule has 2 aromatic rings. The van der Waals surface area contributed by atoms with Crippen LogP contribution in [0.5, 0.6) is 0 Å². The fraction of sp³-hybridized carbons (Fsp3) is 0.474. The van der Waals surface area contributed by atoms with Gasteiger partial charge in [-0.2, -0.15) is 5.10 Å². The summed E-state index contributed by atoms with van der Waals surface area (Å²) in [5, 5.41) is 6.54. The lowest BCUT2D eigenvalue weighted by atomic mass is 9.91. The molecule has 4 heterocycles. The number of rotatable bonds is 4. The van der Waals surface area contributed by atoms with Crippen molar-refractivity contribution >= 4 is 11.8 Å². The van der Waals surface area contributed by atoms with Crippen LogP contribution in [0.3, 0.4) is 0 Å². The van der Waals surface area contributed by atoms with Crippen molar-refractivity contribution in [2.24, 2.45) is 5.92 Å². The number of likely N-dealkylation sites (tertiary alicyclic amines) is 1. The predicted octanol–water partition coefficient (Wildman–Crippen LogP) is 1.08. The number of hydrogen-bond donors (Lipinski definition) is 1. The fourth-order valence-corrected chi connectivity index (χ4v) is 3.88. The lowest BCUT2D eigenvalue weighted by molar-refractivity contribution is -0.142. The Morgan fingerprint density at radius 2 is 2.22 bits per heavy atom. The lowest BCUT2D eigenvalue weighted by Crippen LogP contribution is -2.45.